The number of nitrogens with one attached hydrogen (secondary N) is 2. The molecule has 0 aliphatic rings. The monoisotopic (exact) mass is 322 g/mol. The summed E-state index contributed by atoms with van der Waals surface area (Å²) in [4.78, 5) is 21.0. The molecule has 0 fully saturated rings. The molecule has 2 heterocycles. The van der Waals surface area contributed by atoms with Crippen LogP contribution in [0.3, 0.4) is 0 Å². The summed E-state index contributed by atoms with van der Waals surface area (Å²) in [5.74, 6) is 1.21. The van der Waals surface area contributed by atoms with Crippen LogP contribution in [-0.2, 0) is 5.75 Å². The second kappa shape index (κ2) is 5.81. The summed E-state index contributed by atoms with van der Waals surface area (Å²) >= 11 is 1.68. The number of H-pyrrole nitrogens is 2. The van der Waals surface area contributed by atoms with Gasteiger partial charge in [-0.2, -0.15) is 4.68 Å². The number of aromatic amines is 2. The Morgan fingerprint density at radius 3 is 2.65 bits per heavy atom. The maximum Gasteiger partial charge on any atom is 0.274 e. The van der Waals surface area contributed by atoms with Crippen molar-refractivity contribution < 1.29 is 0 Å². The van der Waals surface area contributed by atoms with Crippen molar-refractivity contribution in [2.75, 3.05) is 0 Å². The topological polar surface area (TPSA) is 66.5 Å². The van der Waals surface area contributed by atoms with Gasteiger partial charge in [0.1, 0.15) is 0 Å². The lowest BCUT2D eigenvalue weighted by Crippen LogP contribution is -2.14. The average molecular weight is 322 g/mol. The van der Waals surface area contributed by atoms with Crippen LogP contribution in [0.25, 0.3) is 17.0 Å². The van der Waals surface area contributed by atoms with Gasteiger partial charge in [0.05, 0.1) is 11.0 Å². The zero-order valence-electron chi connectivity index (χ0n) is 12.2. The van der Waals surface area contributed by atoms with E-state index in [1.165, 1.54) is 9.58 Å². The molecule has 0 unspecified atom stereocenters. The fraction of sp³-hybridized carbons (Fsp3) is 0.0588. The largest absolute Gasteiger partial charge is 0.322 e. The molecule has 0 aliphatic heterocycles. The number of para-hydroxylation sites is 2. The van der Waals surface area contributed by atoms with Crippen molar-refractivity contribution in [3.05, 3.63) is 76.7 Å². The molecule has 0 amide bonds. The highest BCUT2D eigenvalue weighted by Gasteiger charge is 2.09. The summed E-state index contributed by atoms with van der Waals surface area (Å²) in [6.45, 7) is 0. The van der Waals surface area contributed by atoms with Gasteiger partial charge in [0.15, 0.2) is 0 Å². The first-order valence-electron chi connectivity index (χ1n) is 7.23. The van der Waals surface area contributed by atoms with Gasteiger partial charge in [0.25, 0.3) is 5.56 Å². The van der Waals surface area contributed by atoms with Gasteiger partial charge in [-0.15, -0.1) is 11.8 Å². The van der Waals surface area contributed by atoms with E-state index in [0.29, 0.717) is 11.7 Å². The first kappa shape index (κ1) is 13.9. The fourth-order valence-corrected chi connectivity index (χ4v) is 3.22. The van der Waals surface area contributed by atoms with Crippen LogP contribution in [0.2, 0.25) is 0 Å². The van der Waals surface area contributed by atoms with Crippen molar-refractivity contribution >= 4 is 22.8 Å². The number of imidazole rings is 1. The lowest BCUT2D eigenvalue weighted by Gasteiger charge is -1.99. The number of hydrogen-bond donors (Lipinski definition) is 2. The minimum Gasteiger partial charge on any atom is -0.322 e. The normalized spacial score (nSPS) is 11.1. The second-order valence-corrected chi connectivity index (χ2v) is 6.18. The van der Waals surface area contributed by atoms with Gasteiger partial charge < -0.3 is 4.98 Å². The quantitative estimate of drug-likeness (QED) is 0.566. The van der Waals surface area contributed by atoms with Crippen molar-refractivity contribution in [1.82, 2.24) is 19.7 Å². The Balaban J connectivity index is 1.60. The Kier molecular flexibility index (Phi) is 3.51. The summed E-state index contributed by atoms with van der Waals surface area (Å²) in [7, 11) is 0. The van der Waals surface area contributed by atoms with E-state index in [9.17, 15) is 4.79 Å². The zero-order valence-corrected chi connectivity index (χ0v) is 13.0. The third kappa shape index (κ3) is 2.80. The van der Waals surface area contributed by atoms with Crippen molar-refractivity contribution in [2.45, 2.75) is 10.6 Å². The first-order valence-corrected chi connectivity index (χ1v) is 8.22. The summed E-state index contributed by atoms with van der Waals surface area (Å²) in [5.41, 5.74) is 2.49. The molecule has 0 radical (unpaired) electrons. The number of hydrogen-bond acceptors (Lipinski definition) is 3. The molecular formula is C17H14N4OS. The van der Waals surface area contributed by atoms with Crippen LogP contribution < -0.4 is 5.56 Å². The van der Waals surface area contributed by atoms with Crippen LogP contribution in [0.15, 0.2) is 70.4 Å². The van der Waals surface area contributed by atoms with Crippen LogP contribution in [0.4, 0.5) is 0 Å². The highest BCUT2D eigenvalue weighted by atomic mass is 32.2. The number of thioether (sulfide) groups is 1. The van der Waals surface area contributed by atoms with Gasteiger partial charge in [-0.05, 0) is 24.3 Å². The lowest BCUT2D eigenvalue weighted by atomic mass is 10.3. The van der Waals surface area contributed by atoms with E-state index >= 15 is 0 Å². The number of nitrogens with zero attached hydrogens (tertiary/aromatic N) is 2. The minimum atomic E-state index is -0.118. The molecule has 0 aliphatic carbocycles. The van der Waals surface area contributed by atoms with E-state index in [2.05, 4.69) is 27.2 Å². The van der Waals surface area contributed by atoms with Gasteiger partial charge in [-0.1, -0.05) is 30.3 Å². The third-order valence-corrected chi connectivity index (χ3v) is 4.56. The molecule has 6 heteroatoms. The van der Waals surface area contributed by atoms with Crippen molar-refractivity contribution in [3.63, 3.8) is 0 Å². The minimum absolute atomic E-state index is 0.118. The predicted molar refractivity (Wildman–Crippen MR) is 92.0 cm³/mol. The highest BCUT2D eigenvalue weighted by Crippen LogP contribution is 2.21. The van der Waals surface area contributed by atoms with E-state index in [1.807, 2.05) is 42.5 Å². The van der Waals surface area contributed by atoms with E-state index in [1.54, 1.807) is 17.8 Å². The predicted octanol–water partition coefficient (Wildman–Crippen LogP) is 3.33. The Hall–Kier alpha value is -2.73. The van der Waals surface area contributed by atoms with E-state index in [4.69, 9.17) is 0 Å². The van der Waals surface area contributed by atoms with Crippen LogP contribution in [0, 0.1) is 0 Å². The average Bonchev–Trinajstić information content (AvgIpc) is 3.17. The molecule has 2 aromatic carbocycles. The molecular weight excluding hydrogens is 308 g/mol. The molecule has 0 saturated carbocycles. The molecule has 5 nitrogen and oxygen atoms in total. The van der Waals surface area contributed by atoms with Crippen LogP contribution >= 0.6 is 11.8 Å². The van der Waals surface area contributed by atoms with Crippen LogP contribution in [0.1, 0.15) is 5.69 Å². The van der Waals surface area contributed by atoms with E-state index < -0.39 is 0 Å². The summed E-state index contributed by atoms with van der Waals surface area (Å²) < 4.78 is 1.45. The molecule has 4 aromatic rings. The Morgan fingerprint density at radius 2 is 1.83 bits per heavy atom. The SMILES string of the molecule is O=c1cc(CSc2ccccc2)[nH]n1-c1nc2ccccc2[nH]1. The maximum atomic E-state index is 12.2. The van der Waals surface area contributed by atoms with Gasteiger partial charge in [-0.25, -0.2) is 4.98 Å². The summed E-state index contributed by atoms with van der Waals surface area (Å²) in [6, 6.07) is 19.4. The second-order valence-electron chi connectivity index (χ2n) is 5.13. The molecule has 0 bridgehead atoms. The third-order valence-electron chi connectivity index (χ3n) is 3.50. The Bertz CT molecular complexity index is 967. The Labute approximate surface area is 136 Å². The van der Waals surface area contributed by atoms with Crippen molar-refractivity contribution in [3.8, 4) is 5.95 Å². The molecule has 114 valence electrons. The van der Waals surface area contributed by atoms with Crippen LogP contribution in [-0.4, -0.2) is 19.7 Å². The van der Waals surface area contributed by atoms with E-state index in [-0.39, 0.29) is 5.56 Å². The number of benzene rings is 2. The smallest absolute Gasteiger partial charge is 0.274 e. The zero-order chi connectivity index (χ0) is 15.6. The standard InChI is InChI=1S/C17H14N4OS/c22-16-10-12(11-23-13-6-2-1-3-7-13)20-21(16)17-18-14-8-4-5-9-15(14)19-17/h1-10,20H,11H2,(H,18,19). The van der Waals surface area contributed by atoms with Gasteiger partial charge in [0.2, 0.25) is 5.95 Å². The lowest BCUT2D eigenvalue weighted by molar-refractivity contribution is 0.789. The number of aromatic nitrogens is 4. The molecule has 0 atom stereocenters. The van der Waals surface area contributed by atoms with Gasteiger partial charge in [-0.3, -0.25) is 9.89 Å². The Morgan fingerprint density at radius 1 is 1.04 bits per heavy atom. The van der Waals surface area contributed by atoms with Crippen molar-refractivity contribution in [2.24, 2.45) is 0 Å². The highest BCUT2D eigenvalue weighted by molar-refractivity contribution is 7.98. The molecule has 0 spiro atoms. The molecule has 2 aromatic heterocycles. The van der Waals surface area contributed by atoms with E-state index in [0.717, 1.165) is 16.7 Å². The molecule has 2 N–H and O–H groups in total. The van der Waals surface area contributed by atoms with Gasteiger partial charge in [0, 0.05) is 22.4 Å². The molecule has 23 heavy (non-hydrogen) atoms. The van der Waals surface area contributed by atoms with Crippen molar-refractivity contribution in [1.29, 1.82) is 0 Å². The summed E-state index contributed by atoms with van der Waals surface area (Å²) in [5, 5.41) is 3.12. The fourth-order valence-electron chi connectivity index (χ4n) is 2.40. The first-order chi connectivity index (χ1) is 11.3. The number of fused-ring (bicyclic) bond motifs is 1. The number of rotatable bonds is 4. The maximum absolute atomic E-state index is 12.2. The molecule has 0 saturated heterocycles. The molecule has 4 rings (SSSR count). The summed E-state index contributed by atoms with van der Waals surface area (Å²) in [6.07, 6.45) is 0. The van der Waals surface area contributed by atoms with Crippen LogP contribution in [0.5, 0.6) is 0 Å². The van der Waals surface area contributed by atoms with Gasteiger partial charge >= 0.3 is 0 Å².